The van der Waals surface area contributed by atoms with Crippen molar-refractivity contribution in [3.8, 4) is 0 Å². The Morgan fingerprint density at radius 1 is 1.00 bits per heavy atom. The normalized spacial score (nSPS) is 28.5. The number of aromatic nitrogens is 2. The van der Waals surface area contributed by atoms with E-state index in [9.17, 15) is 0 Å². The lowest BCUT2D eigenvalue weighted by Gasteiger charge is -2.37. The van der Waals surface area contributed by atoms with Gasteiger partial charge in [-0.1, -0.05) is 6.42 Å². The van der Waals surface area contributed by atoms with Crippen LogP contribution in [0.5, 0.6) is 0 Å². The standard InChI is InChI=1S/C17H27N3/c1-3-14(4-1)11-19-9-2-5-16(13-19)17-18-8-10-20(17)12-15-6-7-15/h8,10,14-16H,1-7,9,11-13H2. The monoisotopic (exact) mass is 273 g/mol. The van der Waals surface area contributed by atoms with Gasteiger partial charge in [0.05, 0.1) is 0 Å². The fourth-order valence-corrected chi connectivity index (χ4v) is 3.89. The summed E-state index contributed by atoms with van der Waals surface area (Å²) < 4.78 is 2.45. The van der Waals surface area contributed by atoms with E-state index in [-0.39, 0.29) is 0 Å². The molecule has 3 nitrogen and oxygen atoms in total. The fraction of sp³-hybridized carbons (Fsp3) is 0.824. The Hall–Kier alpha value is -0.830. The third-order valence-electron chi connectivity index (χ3n) is 5.51. The Morgan fingerprint density at radius 2 is 1.85 bits per heavy atom. The SMILES string of the molecule is c1cn(CC2CC2)c(C2CCCN(CC3CCC3)C2)n1. The minimum Gasteiger partial charge on any atom is -0.334 e. The molecule has 0 spiro atoms. The molecule has 1 aliphatic heterocycles. The molecule has 1 aromatic rings. The van der Waals surface area contributed by atoms with Gasteiger partial charge >= 0.3 is 0 Å². The highest BCUT2D eigenvalue weighted by Crippen LogP contribution is 2.34. The maximum atomic E-state index is 4.70. The van der Waals surface area contributed by atoms with Gasteiger partial charge in [0.1, 0.15) is 5.82 Å². The van der Waals surface area contributed by atoms with Gasteiger partial charge in [-0.05, 0) is 56.9 Å². The van der Waals surface area contributed by atoms with Crippen LogP contribution in [-0.4, -0.2) is 34.1 Å². The van der Waals surface area contributed by atoms with Crippen LogP contribution in [0, 0.1) is 11.8 Å². The van der Waals surface area contributed by atoms with E-state index in [1.807, 2.05) is 6.20 Å². The van der Waals surface area contributed by atoms with E-state index in [1.54, 1.807) is 0 Å². The van der Waals surface area contributed by atoms with Crippen molar-refractivity contribution in [1.29, 1.82) is 0 Å². The number of hydrogen-bond acceptors (Lipinski definition) is 2. The van der Waals surface area contributed by atoms with Crippen LogP contribution in [0.1, 0.15) is 56.7 Å². The van der Waals surface area contributed by atoms with E-state index in [0.717, 1.165) is 11.8 Å². The molecule has 1 unspecified atom stereocenters. The van der Waals surface area contributed by atoms with Crippen molar-refractivity contribution in [3.63, 3.8) is 0 Å². The summed E-state index contributed by atoms with van der Waals surface area (Å²) in [5.41, 5.74) is 0. The van der Waals surface area contributed by atoms with Crippen molar-refractivity contribution < 1.29 is 0 Å². The molecule has 110 valence electrons. The summed E-state index contributed by atoms with van der Waals surface area (Å²) in [5.74, 6) is 3.99. The molecule has 1 saturated heterocycles. The Balaban J connectivity index is 1.40. The predicted molar refractivity (Wildman–Crippen MR) is 80.7 cm³/mol. The molecule has 0 bridgehead atoms. The highest BCUT2D eigenvalue weighted by Gasteiger charge is 2.29. The zero-order chi connectivity index (χ0) is 13.4. The highest BCUT2D eigenvalue weighted by molar-refractivity contribution is 5.04. The van der Waals surface area contributed by atoms with Crippen molar-refractivity contribution in [2.45, 2.75) is 57.4 Å². The molecule has 3 fully saturated rings. The van der Waals surface area contributed by atoms with Crippen molar-refractivity contribution in [1.82, 2.24) is 14.5 Å². The molecule has 2 aliphatic carbocycles. The molecule has 1 aromatic heterocycles. The number of rotatable bonds is 5. The van der Waals surface area contributed by atoms with Crippen molar-refractivity contribution in [2.75, 3.05) is 19.6 Å². The molecule has 0 amide bonds. The zero-order valence-electron chi connectivity index (χ0n) is 12.5. The predicted octanol–water partition coefficient (Wildman–Crippen LogP) is 3.27. The zero-order valence-corrected chi connectivity index (χ0v) is 12.5. The van der Waals surface area contributed by atoms with Gasteiger partial charge in [0.25, 0.3) is 0 Å². The van der Waals surface area contributed by atoms with Gasteiger partial charge in [-0.15, -0.1) is 0 Å². The molecule has 2 heterocycles. The van der Waals surface area contributed by atoms with Crippen LogP contribution in [0.4, 0.5) is 0 Å². The van der Waals surface area contributed by atoms with Crippen molar-refractivity contribution >= 4 is 0 Å². The molecule has 0 radical (unpaired) electrons. The minimum atomic E-state index is 0.678. The molecular formula is C17H27N3. The van der Waals surface area contributed by atoms with E-state index < -0.39 is 0 Å². The molecule has 20 heavy (non-hydrogen) atoms. The third kappa shape index (κ3) is 2.78. The van der Waals surface area contributed by atoms with E-state index in [4.69, 9.17) is 4.98 Å². The Bertz CT molecular complexity index is 445. The number of nitrogens with zero attached hydrogens (tertiary/aromatic N) is 3. The Morgan fingerprint density at radius 3 is 2.60 bits per heavy atom. The smallest absolute Gasteiger partial charge is 0.113 e. The number of likely N-dealkylation sites (tertiary alicyclic amines) is 1. The van der Waals surface area contributed by atoms with Gasteiger partial charge in [-0.25, -0.2) is 4.98 Å². The summed E-state index contributed by atoms with van der Waals surface area (Å²) in [7, 11) is 0. The average molecular weight is 273 g/mol. The first kappa shape index (κ1) is 12.9. The van der Waals surface area contributed by atoms with Crippen LogP contribution in [-0.2, 0) is 6.54 Å². The first-order valence-electron chi connectivity index (χ1n) is 8.62. The summed E-state index contributed by atoms with van der Waals surface area (Å²) in [4.78, 5) is 7.42. The van der Waals surface area contributed by atoms with Gasteiger partial charge in [0.15, 0.2) is 0 Å². The highest BCUT2D eigenvalue weighted by atomic mass is 15.2. The first-order chi connectivity index (χ1) is 9.88. The van der Waals surface area contributed by atoms with Crippen LogP contribution in [0.3, 0.4) is 0 Å². The van der Waals surface area contributed by atoms with Crippen molar-refractivity contribution in [3.05, 3.63) is 18.2 Å². The molecule has 3 heteroatoms. The lowest BCUT2D eigenvalue weighted by Crippen LogP contribution is -2.39. The maximum absolute atomic E-state index is 4.70. The second-order valence-electron chi connectivity index (χ2n) is 7.28. The van der Waals surface area contributed by atoms with Gasteiger partial charge in [0.2, 0.25) is 0 Å². The fourth-order valence-electron chi connectivity index (χ4n) is 3.89. The van der Waals surface area contributed by atoms with Gasteiger partial charge in [-0.3, -0.25) is 0 Å². The molecule has 0 aromatic carbocycles. The van der Waals surface area contributed by atoms with Gasteiger partial charge in [0, 0.05) is 37.9 Å². The Labute approximate surface area is 122 Å². The molecule has 0 N–H and O–H groups in total. The quantitative estimate of drug-likeness (QED) is 0.821. The summed E-state index contributed by atoms with van der Waals surface area (Å²) in [6.45, 7) is 5.13. The summed E-state index contributed by atoms with van der Waals surface area (Å²) in [5, 5.41) is 0. The first-order valence-corrected chi connectivity index (χ1v) is 8.62. The molecular weight excluding hydrogens is 246 g/mol. The molecule has 1 atom stereocenters. The van der Waals surface area contributed by atoms with Crippen LogP contribution in [0.2, 0.25) is 0 Å². The van der Waals surface area contributed by atoms with E-state index >= 15 is 0 Å². The topological polar surface area (TPSA) is 21.1 Å². The number of hydrogen-bond donors (Lipinski definition) is 0. The van der Waals surface area contributed by atoms with E-state index in [2.05, 4.69) is 15.7 Å². The summed E-state index contributed by atoms with van der Waals surface area (Å²) >= 11 is 0. The summed E-state index contributed by atoms with van der Waals surface area (Å²) in [6.07, 6.45) is 14.2. The number of piperidine rings is 1. The third-order valence-corrected chi connectivity index (χ3v) is 5.51. The lowest BCUT2D eigenvalue weighted by atomic mass is 9.84. The van der Waals surface area contributed by atoms with Crippen LogP contribution in [0.15, 0.2) is 12.4 Å². The van der Waals surface area contributed by atoms with E-state index in [0.29, 0.717) is 5.92 Å². The Kier molecular flexibility index (Phi) is 3.55. The van der Waals surface area contributed by atoms with Crippen LogP contribution >= 0.6 is 0 Å². The van der Waals surface area contributed by atoms with Crippen LogP contribution in [0.25, 0.3) is 0 Å². The average Bonchev–Trinajstić information content (AvgIpc) is 3.10. The van der Waals surface area contributed by atoms with E-state index in [1.165, 1.54) is 76.9 Å². The number of imidazole rings is 1. The second kappa shape index (κ2) is 5.51. The largest absolute Gasteiger partial charge is 0.334 e. The molecule has 3 aliphatic rings. The molecule has 2 saturated carbocycles. The van der Waals surface area contributed by atoms with Gasteiger partial charge < -0.3 is 9.47 Å². The second-order valence-corrected chi connectivity index (χ2v) is 7.28. The summed E-state index contributed by atoms with van der Waals surface area (Å²) in [6, 6.07) is 0. The van der Waals surface area contributed by atoms with Crippen LogP contribution < -0.4 is 0 Å². The minimum absolute atomic E-state index is 0.678. The molecule has 4 rings (SSSR count). The lowest BCUT2D eigenvalue weighted by molar-refractivity contribution is 0.141. The van der Waals surface area contributed by atoms with Gasteiger partial charge in [-0.2, -0.15) is 0 Å². The maximum Gasteiger partial charge on any atom is 0.113 e. The van der Waals surface area contributed by atoms with Crippen molar-refractivity contribution in [2.24, 2.45) is 11.8 Å².